The highest BCUT2D eigenvalue weighted by Crippen LogP contribution is 2.57. The summed E-state index contributed by atoms with van der Waals surface area (Å²) >= 11 is 0. The number of hydrogen-bond donors (Lipinski definition) is 2. The van der Waals surface area contributed by atoms with Gasteiger partial charge in [-0.25, -0.2) is 8.42 Å². The first kappa shape index (κ1) is 35.3. The SMILES string of the molecule is C=C(CO)/C(=C\C=C1/CCCC2(C)C([C@H](C)CCCS(=O)(=O)C(C)(C)C)=CC[C@@H]12)CC(O)CP.CC(C)C. The van der Waals surface area contributed by atoms with Crippen molar-refractivity contribution in [2.45, 2.75) is 111 Å². The largest absolute Gasteiger partial charge is 0.392 e. The molecule has 4 nitrogen and oxygen atoms in total. The Labute approximate surface area is 237 Å². The second-order valence-corrected chi connectivity index (χ2v) is 16.5. The minimum Gasteiger partial charge on any atom is -0.392 e. The highest BCUT2D eigenvalue weighted by atomic mass is 32.2. The van der Waals surface area contributed by atoms with E-state index in [0.717, 1.165) is 43.6 Å². The number of aliphatic hydroxyl groups is 2. The maximum atomic E-state index is 12.5. The molecule has 2 rings (SSSR count). The molecule has 0 aromatic heterocycles. The van der Waals surface area contributed by atoms with Crippen molar-refractivity contribution >= 4 is 19.1 Å². The van der Waals surface area contributed by atoms with E-state index >= 15 is 0 Å². The van der Waals surface area contributed by atoms with E-state index in [-0.39, 0.29) is 17.8 Å². The van der Waals surface area contributed by atoms with Gasteiger partial charge in [0.25, 0.3) is 0 Å². The lowest BCUT2D eigenvalue weighted by atomic mass is 9.62. The highest BCUT2D eigenvalue weighted by molar-refractivity contribution is 7.92. The molecular formula is C32H57O4PS. The van der Waals surface area contributed by atoms with Crippen molar-refractivity contribution in [3.05, 3.63) is 47.1 Å². The van der Waals surface area contributed by atoms with Gasteiger partial charge in [-0.1, -0.05) is 70.6 Å². The fraction of sp³-hybridized carbons (Fsp3) is 0.750. The van der Waals surface area contributed by atoms with Crippen molar-refractivity contribution in [3.8, 4) is 0 Å². The second kappa shape index (κ2) is 15.3. The predicted molar refractivity (Wildman–Crippen MR) is 168 cm³/mol. The first-order valence-electron chi connectivity index (χ1n) is 14.5. The van der Waals surface area contributed by atoms with E-state index in [4.69, 9.17) is 0 Å². The van der Waals surface area contributed by atoms with Crippen molar-refractivity contribution < 1.29 is 18.6 Å². The number of aliphatic hydroxyl groups excluding tert-OH is 2. The summed E-state index contributed by atoms with van der Waals surface area (Å²) in [5.74, 6) is 1.93. The molecule has 6 heteroatoms. The van der Waals surface area contributed by atoms with Gasteiger partial charge in [0.1, 0.15) is 0 Å². The monoisotopic (exact) mass is 568 g/mol. The van der Waals surface area contributed by atoms with Gasteiger partial charge in [0.15, 0.2) is 9.84 Å². The van der Waals surface area contributed by atoms with Crippen molar-refractivity contribution in [2.75, 3.05) is 18.5 Å². The van der Waals surface area contributed by atoms with Gasteiger partial charge in [-0.15, -0.1) is 9.24 Å². The van der Waals surface area contributed by atoms with E-state index in [0.29, 0.717) is 36.4 Å². The number of allylic oxidation sites excluding steroid dienone is 5. The molecule has 0 aliphatic heterocycles. The summed E-state index contributed by atoms with van der Waals surface area (Å²) in [5, 5.41) is 19.7. The zero-order chi connectivity index (χ0) is 29.3. The third kappa shape index (κ3) is 10.0. The number of fused-ring (bicyclic) bond motifs is 1. The van der Waals surface area contributed by atoms with Gasteiger partial charge in [-0.05, 0) is 106 Å². The Bertz CT molecular complexity index is 965. The van der Waals surface area contributed by atoms with Crippen LogP contribution in [-0.4, -0.2) is 48.0 Å². The summed E-state index contributed by atoms with van der Waals surface area (Å²) in [6.45, 7) is 20.4. The van der Waals surface area contributed by atoms with E-state index in [1.165, 1.54) is 11.1 Å². The Morgan fingerprint density at radius 3 is 2.39 bits per heavy atom. The summed E-state index contributed by atoms with van der Waals surface area (Å²) in [5.41, 5.74) is 4.63. The molecule has 1 saturated carbocycles. The first-order chi connectivity index (χ1) is 17.5. The molecule has 220 valence electrons. The van der Waals surface area contributed by atoms with Gasteiger partial charge >= 0.3 is 0 Å². The predicted octanol–water partition coefficient (Wildman–Crippen LogP) is 7.44. The van der Waals surface area contributed by atoms with Crippen LogP contribution in [0.4, 0.5) is 0 Å². The van der Waals surface area contributed by atoms with Crippen molar-refractivity contribution in [3.63, 3.8) is 0 Å². The number of sulfone groups is 1. The fourth-order valence-corrected chi connectivity index (χ4v) is 6.96. The van der Waals surface area contributed by atoms with E-state index < -0.39 is 20.7 Å². The van der Waals surface area contributed by atoms with Gasteiger partial charge in [-0.2, -0.15) is 0 Å². The van der Waals surface area contributed by atoms with Crippen LogP contribution < -0.4 is 0 Å². The summed E-state index contributed by atoms with van der Waals surface area (Å²) in [6, 6.07) is 0. The topological polar surface area (TPSA) is 74.6 Å². The van der Waals surface area contributed by atoms with Gasteiger partial charge in [-0.3, -0.25) is 0 Å². The molecule has 2 aliphatic carbocycles. The standard InChI is InChI=1S/C28H47O4PS.C4H10/c1-20(9-8-16-34(31,32)27(3,4)5)25-13-14-26-22(10-7-15-28(25,26)6)11-12-23(21(2)18-29)17-24(30)19-33;1-4(2)3/h11-13,20,24,26,29-30H,2,7-10,14-19,33H2,1,3-6H3;4H,1-3H3/b22-11+,23-12-;/t20-,24?,26+,28?;/m1./s1. The molecule has 1 fully saturated rings. The maximum absolute atomic E-state index is 12.5. The van der Waals surface area contributed by atoms with Crippen LogP contribution in [0.15, 0.2) is 47.1 Å². The Kier molecular flexibility index (Phi) is 14.2. The van der Waals surface area contributed by atoms with E-state index in [2.05, 4.69) is 68.7 Å². The molecule has 0 spiro atoms. The third-order valence-corrected chi connectivity index (χ3v) is 11.2. The van der Waals surface area contributed by atoms with Crippen LogP contribution in [0.5, 0.6) is 0 Å². The zero-order valence-corrected chi connectivity index (χ0v) is 27.5. The van der Waals surface area contributed by atoms with Crippen LogP contribution in [0.1, 0.15) is 100 Å². The Hall–Kier alpha value is -0.740. The zero-order valence-electron chi connectivity index (χ0n) is 25.5. The normalized spacial score (nSPS) is 24.9. The Morgan fingerprint density at radius 1 is 1.26 bits per heavy atom. The average molecular weight is 569 g/mol. The van der Waals surface area contributed by atoms with Crippen LogP contribution in [0.25, 0.3) is 0 Å². The van der Waals surface area contributed by atoms with Crippen LogP contribution in [-0.2, 0) is 9.84 Å². The molecule has 0 saturated heterocycles. The van der Waals surface area contributed by atoms with E-state index in [9.17, 15) is 18.6 Å². The Balaban J connectivity index is 0.00000168. The summed E-state index contributed by atoms with van der Waals surface area (Å²) in [7, 11) is -0.516. The molecule has 0 aromatic carbocycles. The minimum absolute atomic E-state index is 0.103. The lowest BCUT2D eigenvalue weighted by Crippen LogP contribution is -2.33. The molecule has 5 atom stereocenters. The lowest BCUT2D eigenvalue weighted by molar-refractivity contribution is 0.199. The van der Waals surface area contributed by atoms with Crippen molar-refractivity contribution in [2.24, 2.45) is 23.2 Å². The maximum Gasteiger partial charge on any atom is 0.155 e. The molecular weight excluding hydrogens is 511 g/mol. The molecule has 0 heterocycles. The van der Waals surface area contributed by atoms with Crippen LogP contribution in [0.2, 0.25) is 0 Å². The summed E-state index contributed by atoms with van der Waals surface area (Å²) in [4.78, 5) is 0. The van der Waals surface area contributed by atoms with E-state index in [1.54, 1.807) is 20.8 Å². The van der Waals surface area contributed by atoms with Crippen molar-refractivity contribution in [1.29, 1.82) is 0 Å². The molecule has 38 heavy (non-hydrogen) atoms. The molecule has 0 amide bonds. The lowest BCUT2D eigenvalue weighted by Gasteiger charge is -2.42. The average Bonchev–Trinajstić information content (AvgIpc) is 3.17. The number of hydrogen-bond acceptors (Lipinski definition) is 4. The van der Waals surface area contributed by atoms with Gasteiger partial charge in [0.05, 0.1) is 23.2 Å². The summed E-state index contributed by atoms with van der Waals surface area (Å²) < 4.78 is 24.3. The third-order valence-electron chi connectivity index (χ3n) is 8.00. The molecule has 0 radical (unpaired) electrons. The van der Waals surface area contributed by atoms with Gasteiger partial charge in [0, 0.05) is 0 Å². The smallest absolute Gasteiger partial charge is 0.155 e. The van der Waals surface area contributed by atoms with Crippen LogP contribution in [0, 0.1) is 23.2 Å². The number of rotatable bonds is 11. The van der Waals surface area contributed by atoms with Gasteiger partial charge < -0.3 is 10.2 Å². The van der Waals surface area contributed by atoms with Crippen molar-refractivity contribution in [1.82, 2.24) is 0 Å². The highest BCUT2D eigenvalue weighted by Gasteiger charge is 2.45. The van der Waals surface area contributed by atoms with Crippen LogP contribution >= 0.6 is 9.24 Å². The fourth-order valence-electron chi connectivity index (χ4n) is 5.63. The first-order valence-corrected chi connectivity index (χ1v) is 17.0. The molecule has 2 N–H and O–H groups in total. The van der Waals surface area contributed by atoms with E-state index in [1.807, 2.05) is 0 Å². The second-order valence-electron chi connectivity index (χ2n) is 13.2. The minimum atomic E-state index is -3.08. The Morgan fingerprint density at radius 2 is 1.87 bits per heavy atom. The quantitative estimate of drug-likeness (QED) is 0.154. The van der Waals surface area contributed by atoms with Crippen LogP contribution in [0.3, 0.4) is 0 Å². The molecule has 0 bridgehead atoms. The molecule has 3 unspecified atom stereocenters. The molecule has 2 aliphatic rings. The molecule has 0 aromatic rings. The summed E-state index contributed by atoms with van der Waals surface area (Å²) in [6.07, 6.45) is 13.3. The van der Waals surface area contributed by atoms with Gasteiger partial charge in [0.2, 0.25) is 0 Å².